The first-order valence-corrected chi connectivity index (χ1v) is 14.9. The monoisotopic (exact) mass is 629 g/mol. The summed E-state index contributed by atoms with van der Waals surface area (Å²) in [6.07, 6.45) is 0.148. The van der Waals surface area contributed by atoms with E-state index in [4.69, 9.17) is 56.2 Å². The lowest BCUT2D eigenvalue weighted by molar-refractivity contribution is 0.200. The summed E-state index contributed by atoms with van der Waals surface area (Å²) < 4.78 is 5.27. The van der Waals surface area contributed by atoms with Gasteiger partial charge in [-0.25, -0.2) is 4.79 Å². The number of nitrogens with one attached hydrogen (secondary N) is 1. The Bertz CT molecular complexity index is 1090. The van der Waals surface area contributed by atoms with Crippen molar-refractivity contribution in [2.24, 2.45) is 0 Å². The Morgan fingerprint density at radius 1 is 0.650 bits per heavy atom. The van der Waals surface area contributed by atoms with Gasteiger partial charge in [0.1, 0.15) is 17.2 Å². The van der Waals surface area contributed by atoms with Crippen LogP contribution in [0.25, 0.3) is 0 Å². The van der Waals surface area contributed by atoms with Crippen molar-refractivity contribution in [3.05, 3.63) is 78.4 Å². The van der Waals surface area contributed by atoms with E-state index in [1.54, 1.807) is 36.4 Å². The highest BCUT2D eigenvalue weighted by Gasteiger charge is 2.08. The van der Waals surface area contributed by atoms with Gasteiger partial charge in [-0.15, -0.1) is 46.4 Å². The summed E-state index contributed by atoms with van der Waals surface area (Å²) >= 11 is 23.0. The van der Waals surface area contributed by atoms with E-state index in [2.05, 4.69) is 15.1 Å². The number of halogens is 4. The van der Waals surface area contributed by atoms with Gasteiger partial charge >= 0.3 is 6.09 Å². The van der Waals surface area contributed by atoms with Crippen LogP contribution in [0.1, 0.15) is 5.56 Å². The minimum absolute atomic E-state index is 0.222. The molecule has 0 saturated carbocycles. The van der Waals surface area contributed by atoms with Crippen LogP contribution in [0.5, 0.6) is 17.2 Å². The van der Waals surface area contributed by atoms with E-state index in [-0.39, 0.29) is 11.5 Å². The van der Waals surface area contributed by atoms with Crippen LogP contribution in [0.3, 0.4) is 0 Å². The van der Waals surface area contributed by atoms with Crippen LogP contribution in [-0.4, -0.2) is 72.6 Å². The number of benzene rings is 3. The third kappa shape index (κ3) is 12.6. The van der Waals surface area contributed by atoms with E-state index in [0.717, 1.165) is 30.0 Å². The van der Waals surface area contributed by atoms with Gasteiger partial charge in [0.2, 0.25) is 0 Å². The molecule has 0 radical (unpaired) electrons. The summed E-state index contributed by atoms with van der Waals surface area (Å²) in [7, 11) is 0. The fourth-order valence-electron chi connectivity index (χ4n) is 3.65. The Labute approximate surface area is 256 Å². The van der Waals surface area contributed by atoms with E-state index >= 15 is 0 Å². The zero-order chi connectivity index (χ0) is 29.2. The number of hydrogen-bond acceptors (Lipinski definition) is 6. The van der Waals surface area contributed by atoms with Crippen LogP contribution >= 0.6 is 46.4 Å². The van der Waals surface area contributed by atoms with E-state index in [1.165, 1.54) is 0 Å². The number of amides is 1. The highest BCUT2D eigenvalue weighted by atomic mass is 35.5. The summed E-state index contributed by atoms with van der Waals surface area (Å²) in [5.74, 6) is 3.12. The summed E-state index contributed by atoms with van der Waals surface area (Å²) in [5.41, 5.74) is 3.03. The maximum atomic E-state index is 11.9. The average molecular weight is 631 g/mol. The van der Waals surface area contributed by atoms with Crippen molar-refractivity contribution in [1.29, 1.82) is 0 Å². The average Bonchev–Trinajstić information content (AvgIpc) is 2.95. The number of nitrogens with zero attached hydrogens (tertiary/aromatic N) is 2. The zero-order valence-corrected chi connectivity index (χ0v) is 25.1. The second-order valence-electron chi connectivity index (χ2n) is 8.47. The molecular formula is C29H35Cl4N3O4. The first-order valence-electron chi connectivity index (χ1n) is 12.8. The lowest BCUT2D eigenvalue weighted by atomic mass is 10.1. The van der Waals surface area contributed by atoms with Crippen molar-refractivity contribution >= 4 is 63.9 Å². The topological polar surface area (TPSA) is 85.3 Å². The molecule has 0 aromatic heterocycles. The van der Waals surface area contributed by atoms with E-state index in [1.807, 2.05) is 36.4 Å². The van der Waals surface area contributed by atoms with Crippen molar-refractivity contribution in [2.75, 3.05) is 66.0 Å². The van der Waals surface area contributed by atoms with Crippen molar-refractivity contribution in [3.8, 4) is 17.2 Å². The van der Waals surface area contributed by atoms with Gasteiger partial charge in [0.15, 0.2) is 0 Å². The summed E-state index contributed by atoms with van der Waals surface area (Å²) in [6.45, 7) is 3.37. The number of rotatable bonds is 14. The maximum Gasteiger partial charge on any atom is 0.412 e. The number of carbonyl (C=O) groups excluding carboxylic acids is 1. The number of alkyl halides is 4. The van der Waals surface area contributed by atoms with Crippen LogP contribution in [0.2, 0.25) is 0 Å². The summed E-state index contributed by atoms with van der Waals surface area (Å²) in [4.78, 5) is 16.0. The van der Waals surface area contributed by atoms with Crippen molar-refractivity contribution in [1.82, 2.24) is 5.32 Å². The molecule has 0 saturated heterocycles. The molecule has 0 atom stereocenters. The molecule has 3 aromatic carbocycles. The number of anilines is 2. The number of phenols is 2. The molecule has 0 heterocycles. The van der Waals surface area contributed by atoms with Crippen LogP contribution < -0.4 is 19.9 Å². The Hall–Kier alpha value is -2.71. The van der Waals surface area contributed by atoms with Crippen molar-refractivity contribution < 1.29 is 19.7 Å². The largest absolute Gasteiger partial charge is 0.508 e. The van der Waals surface area contributed by atoms with Gasteiger partial charge in [0, 0.05) is 67.6 Å². The molecule has 7 nitrogen and oxygen atoms in total. The number of aromatic hydroxyl groups is 2. The van der Waals surface area contributed by atoms with Gasteiger partial charge in [-0.05, 0) is 72.6 Å². The molecule has 0 aliphatic carbocycles. The SMILES string of the molecule is O=C(NCCc1ccc(O)cc1)Oc1ccc(N(CCCl)CCCl)cc1.Oc1ccc(N(CCCl)CCCl)cc1. The zero-order valence-electron chi connectivity index (χ0n) is 22.1. The Balaban J connectivity index is 0.000000337. The molecular weight excluding hydrogens is 596 g/mol. The van der Waals surface area contributed by atoms with Crippen LogP contribution in [-0.2, 0) is 6.42 Å². The Morgan fingerprint density at radius 3 is 1.48 bits per heavy atom. The second-order valence-corrected chi connectivity index (χ2v) is 9.98. The van der Waals surface area contributed by atoms with E-state index < -0.39 is 6.09 Å². The third-order valence-corrected chi connectivity index (χ3v) is 6.34. The van der Waals surface area contributed by atoms with Crippen molar-refractivity contribution in [2.45, 2.75) is 6.42 Å². The third-order valence-electron chi connectivity index (χ3n) is 5.66. The van der Waals surface area contributed by atoms with Gasteiger partial charge < -0.3 is 30.1 Å². The van der Waals surface area contributed by atoms with Gasteiger partial charge in [-0.1, -0.05) is 12.1 Å². The normalized spacial score (nSPS) is 10.3. The second kappa shape index (κ2) is 19.4. The first kappa shape index (κ1) is 33.5. The van der Waals surface area contributed by atoms with Crippen molar-refractivity contribution in [3.63, 3.8) is 0 Å². The standard InChI is InChI=1S/C19H22Cl2N2O3.C10H13Cl2NO/c20-10-13-23(14-11-21)16-3-7-18(8-4-16)26-19(25)22-12-9-15-1-5-17(24)6-2-15;11-5-7-13(8-6-12)9-1-3-10(14)4-2-9/h1-8,24H,9-14H2,(H,22,25);1-4,14H,5-8H2. The molecule has 218 valence electrons. The predicted octanol–water partition coefficient (Wildman–Crippen LogP) is 6.68. The van der Waals surface area contributed by atoms with Gasteiger partial charge in [0.05, 0.1) is 0 Å². The number of hydrogen-bond donors (Lipinski definition) is 3. The van der Waals surface area contributed by atoms with Gasteiger partial charge in [-0.3, -0.25) is 0 Å². The lowest BCUT2D eigenvalue weighted by Crippen LogP contribution is -2.29. The Kier molecular flexibility index (Phi) is 16.2. The fourth-order valence-corrected chi connectivity index (χ4v) is 4.47. The molecule has 0 spiro atoms. The molecule has 0 fully saturated rings. The molecule has 0 bridgehead atoms. The van der Waals surface area contributed by atoms with Crippen LogP contribution in [0, 0.1) is 0 Å². The number of phenolic OH excluding ortho intramolecular Hbond substituents is 2. The molecule has 3 aromatic rings. The highest BCUT2D eigenvalue weighted by molar-refractivity contribution is 6.19. The quantitative estimate of drug-likeness (QED) is 0.172. The summed E-state index contributed by atoms with van der Waals surface area (Å²) in [6, 6.07) is 21.1. The molecule has 0 aliphatic rings. The highest BCUT2D eigenvalue weighted by Crippen LogP contribution is 2.20. The predicted molar refractivity (Wildman–Crippen MR) is 168 cm³/mol. The minimum atomic E-state index is -0.505. The molecule has 0 aliphatic heterocycles. The molecule has 1 amide bonds. The molecule has 3 N–H and O–H groups in total. The lowest BCUT2D eigenvalue weighted by Gasteiger charge is -2.22. The number of carbonyl (C=O) groups is 1. The maximum absolute atomic E-state index is 11.9. The summed E-state index contributed by atoms with van der Waals surface area (Å²) in [5, 5.41) is 21.1. The number of ether oxygens (including phenoxy) is 1. The first-order chi connectivity index (χ1) is 19.4. The molecule has 0 unspecified atom stereocenters. The van der Waals surface area contributed by atoms with E-state index in [0.29, 0.717) is 55.3 Å². The van der Waals surface area contributed by atoms with Crippen LogP contribution in [0.15, 0.2) is 72.8 Å². The minimum Gasteiger partial charge on any atom is -0.508 e. The van der Waals surface area contributed by atoms with E-state index in [9.17, 15) is 9.90 Å². The van der Waals surface area contributed by atoms with Crippen LogP contribution in [0.4, 0.5) is 16.2 Å². The fraction of sp³-hybridized carbons (Fsp3) is 0.345. The van der Waals surface area contributed by atoms with Gasteiger partial charge in [0.25, 0.3) is 0 Å². The van der Waals surface area contributed by atoms with Gasteiger partial charge in [-0.2, -0.15) is 0 Å². The molecule has 11 heteroatoms. The molecule has 3 rings (SSSR count). The molecule has 40 heavy (non-hydrogen) atoms. The smallest absolute Gasteiger partial charge is 0.412 e. The Morgan fingerprint density at radius 2 is 1.05 bits per heavy atom.